The summed E-state index contributed by atoms with van der Waals surface area (Å²) in [4.78, 5) is 4.05. The molecule has 5 N–H and O–H groups in total. The van der Waals surface area contributed by atoms with Gasteiger partial charge in [-0.25, -0.2) is 0 Å². The van der Waals surface area contributed by atoms with Crippen LogP contribution in [0.15, 0.2) is 54.9 Å². The van der Waals surface area contributed by atoms with Gasteiger partial charge in [-0.3, -0.25) is 10.1 Å². The van der Waals surface area contributed by atoms with Crippen LogP contribution in [0.5, 0.6) is 0 Å². The molecule has 2 aromatic heterocycles. The number of pyridine rings is 1. The number of nitrogens with two attached hydrogens (primary N) is 2. The smallest absolute Gasteiger partial charge is 0.0916 e. The largest absolute Gasteiger partial charge is 0.325 e. The lowest BCUT2D eigenvalue weighted by molar-refractivity contribution is 0.814. The summed E-state index contributed by atoms with van der Waals surface area (Å²) in [6.45, 7) is 0.381. The quantitative estimate of drug-likeness (QED) is 0.680. The predicted molar refractivity (Wildman–Crippen MR) is 82.2 cm³/mol. The Bertz CT molecular complexity index is 706. The maximum absolute atomic E-state index is 6.38. The first-order chi connectivity index (χ1) is 10.3. The van der Waals surface area contributed by atoms with Crippen LogP contribution in [-0.4, -0.2) is 15.2 Å². The van der Waals surface area contributed by atoms with Crippen molar-refractivity contribution in [1.29, 1.82) is 0 Å². The van der Waals surface area contributed by atoms with Crippen LogP contribution in [-0.2, 0) is 6.54 Å². The van der Waals surface area contributed by atoms with Gasteiger partial charge in [0, 0.05) is 24.5 Å². The Morgan fingerprint density at radius 2 is 1.76 bits per heavy atom. The van der Waals surface area contributed by atoms with Crippen molar-refractivity contribution in [2.24, 2.45) is 11.5 Å². The maximum atomic E-state index is 6.38. The number of hydrogen-bond donors (Lipinski definition) is 3. The lowest BCUT2D eigenvalue weighted by Gasteiger charge is -2.12. The number of aromatic nitrogens is 3. The first-order valence-electron chi connectivity index (χ1n) is 6.79. The average molecular weight is 279 g/mol. The van der Waals surface area contributed by atoms with E-state index in [-0.39, 0.29) is 6.04 Å². The van der Waals surface area contributed by atoms with Gasteiger partial charge in [-0.05, 0) is 23.3 Å². The number of rotatable bonds is 4. The Kier molecular flexibility index (Phi) is 3.77. The summed E-state index contributed by atoms with van der Waals surface area (Å²) in [6, 6.07) is 13.5. The third-order valence-electron chi connectivity index (χ3n) is 3.50. The van der Waals surface area contributed by atoms with Gasteiger partial charge in [-0.1, -0.05) is 30.3 Å². The number of H-pyrrole nitrogens is 1. The molecule has 0 aliphatic rings. The van der Waals surface area contributed by atoms with Crippen LogP contribution in [0, 0.1) is 0 Å². The minimum atomic E-state index is -0.300. The molecule has 1 atom stereocenters. The number of benzene rings is 1. The highest BCUT2D eigenvalue weighted by Crippen LogP contribution is 2.31. The van der Waals surface area contributed by atoms with Crippen molar-refractivity contribution in [1.82, 2.24) is 15.2 Å². The summed E-state index contributed by atoms with van der Waals surface area (Å²) in [6.07, 6.45) is 3.50. The van der Waals surface area contributed by atoms with Crippen LogP contribution in [0.1, 0.15) is 23.0 Å². The van der Waals surface area contributed by atoms with Crippen LogP contribution in [0.25, 0.3) is 11.1 Å². The standard InChI is InChI=1S/C16H17N5/c17-10-13-14(11-6-8-19-9-7-11)16(21-20-13)15(18)12-4-2-1-3-5-12/h1-9,15H,10,17-18H2,(H,20,21). The lowest BCUT2D eigenvalue weighted by atomic mass is 9.96. The van der Waals surface area contributed by atoms with Crippen LogP contribution >= 0.6 is 0 Å². The zero-order chi connectivity index (χ0) is 14.7. The summed E-state index contributed by atoms with van der Waals surface area (Å²) in [5.74, 6) is 0. The zero-order valence-corrected chi connectivity index (χ0v) is 11.5. The molecule has 21 heavy (non-hydrogen) atoms. The molecule has 5 heteroatoms. The van der Waals surface area contributed by atoms with Gasteiger partial charge in [0.05, 0.1) is 17.4 Å². The molecular formula is C16H17N5. The van der Waals surface area contributed by atoms with Crippen molar-refractivity contribution in [3.63, 3.8) is 0 Å². The molecule has 0 spiro atoms. The van der Waals surface area contributed by atoms with Gasteiger partial charge < -0.3 is 11.5 Å². The summed E-state index contributed by atoms with van der Waals surface area (Å²) in [5.41, 5.74) is 16.9. The fourth-order valence-corrected chi connectivity index (χ4v) is 2.43. The molecule has 0 aliphatic heterocycles. The molecule has 0 aliphatic carbocycles. The van der Waals surface area contributed by atoms with Crippen molar-refractivity contribution >= 4 is 0 Å². The monoisotopic (exact) mass is 279 g/mol. The highest BCUT2D eigenvalue weighted by Gasteiger charge is 2.20. The van der Waals surface area contributed by atoms with Gasteiger partial charge in [-0.15, -0.1) is 0 Å². The lowest BCUT2D eigenvalue weighted by Crippen LogP contribution is -2.13. The highest BCUT2D eigenvalue weighted by molar-refractivity contribution is 5.69. The minimum absolute atomic E-state index is 0.300. The van der Waals surface area contributed by atoms with E-state index in [1.165, 1.54) is 0 Å². The van der Waals surface area contributed by atoms with Crippen molar-refractivity contribution < 1.29 is 0 Å². The first-order valence-corrected chi connectivity index (χ1v) is 6.79. The second-order valence-corrected chi connectivity index (χ2v) is 4.79. The van der Waals surface area contributed by atoms with Gasteiger partial charge in [0.25, 0.3) is 0 Å². The van der Waals surface area contributed by atoms with E-state index in [9.17, 15) is 0 Å². The minimum Gasteiger partial charge on any atom is -0.325 e. The normalized spacial score (nSPS) is 12.3. The summed E-state index contributed by atoms with van der Waals surface area (Å²) < 4.78 is 0. The molecule has 0 saturated carbocycles. The Morgan fingerprint density at radius 1 is 1.05 bits per heavy atom. The van der Waals surface area contributed by atoms with Gasteiger partial charge in [0.15, 0.2) is 0 Å². The predicted octanol–water partition coefficient (Wildman–Crippen LogP) is 1.98. The SMILES string of the molecule is NCc1[nH]nc(C(N)c2ccccc2)c1-c1ccncc1. The van der Waals surface area contributed by atoms with Crippen LogP contribution < -0.4 is 11.5 Å². The van der Waals surface area contributed by atoms with Gasteiger partial charge >= 0.3 is 0 Å². The maximum Gasteiger partial charge on any atom is 0.0916 e. The third-order valence-corrected chi connectivity index (χ3v) is 3.50. The zero-order valence-electron chi connectivity index (χ0n) is 11.5. The van der Waals surface area contributed by atoms with Crippen molar-refractivity contribution in [3.8, 4) is 11.1 Å². The molecule has 0 radical (unpaired) electrons. The average Bonchev–Trinajstić information content (AvgIpc) is 2.99. The van der Waals surface area contributed by atoms with E-state index in [1.807, 2.05) is 42.5 Å². The Labute approximate surface area is 123 Å². The van der Waals surface area contributed by atoms with E-state index >= 15 is 0 Å². The number of nitrogens with zero attached hydrogens (tertiary/aromatic N) is 2. The molecule has 5 nitrogen and oxygen atoms in total. The van der Waals surface area contributed by atoms with Crippen molar-refractivity contribution in [2.45, 2.75) is 12.6 Å². The molecule has 1 unspecified atom stereocenters. The topological polar surface area (TPSA) is 93.6 Å². The van der Waals surface area contributed by atoms with Crippen molar-refractivity contribution in [2.75, 3.05) is 0 Å². The van der Waals surface area contributed by atoms with Crippen LogP contribution in [0.2, 0.25) is 0 Å². The number of hydrogen-bond acceptors (Lipinski definition) is 4. The highest BCUT2D eigenvalue weighted by atomic mass is 15.1. The Hall–Kier alpha value is -2.50. The third kappa shape index (κ3) is 2.56. The number of aromatic amines is 1. The molecule has 0 fully saturated rings. The number of nitrogens with one attached hydrogen (secondary N) is 1. The fourth-order valence-electron chi connectivity index (χ4n) is 2.43. The second-order valence-electron chi connectivity index (χ2n) is 4.79. The molecule has 0 amide bonds. The van der Waals surface area contributed by atoms with Crippen LogP contribution in [0.4, 0.5) is 0 Å². The molecule has 3 rings (SSSR count). The summed E-state index contributed by atoms with van der Waals surface area (Å²) in [7, 11) is 0. The van der Waals surface area contributed by atoms with Crippen molar-refractivity contribution in [3.05, 3.63) is 71.8 Å². The van der Waals surface area contributed by atoms with E-state index in [1.54, 1.807) is 12.4 Å². The molecule has 3 aromatic rings. The molecule has 1 aromatic carbocycles. The molecule has 0 bridgehead atoms. The van der Waals surface area contributed by atoms with E-state index in [0.717, 1.165) is 28.1 Å². The molecular weight excluding hydrogens is 262 g/mol. The molecule has 2 heterocycles. The van der Waals surface area contributed by atoms with E-state index in [0.29, 0.717) is 6.54 Å². The Balaban J connectivity index is 2.10. The summed E-state index contributed by atoms with van der Waals surface area (Å²) >= 11 is 0. The van der Waals surface area contributed by atoms with Gasteiger partial charge in [-0.2, -0.15) is 5.10 Å². The van der Waals surface area contributed by atoms with E-state index in [4.69, 9.17) is 11.5 Å². The van der Waals surface area contributed by atoms with E-state index in [2.05, 4.69) is 15.2 Å². The summed E-state index contributed by atoms with van der Waals surface area (Å²) in [5, 5.41) is 7.39. The second kappa shape index (κ2) is 5.87. The fraction of sp³-hybridized carbons (Fsp3) is 0.125. The van der Waals surface area contributed by atoms with E-state index < -0.39 is 0 Å². The van der Waals surface area contributed by atoms with Gasteiger partial charge in [0.2, 0.25) is 0 Å². The first kappa shape index (κ1) is 13.5. The van der Waals surface area contributed by atoms with Gasteiger partial charge in [0.1, 0.15) is 0 Å². The molecule has 0 saturated heterocycles. The van der Waals surface area contributed by atoms with Crippen LogP contribution in [0.3, 0.4) is 0 Å². The molecule has 106 valence electrons. The Morgan fingerprint density at radius 3 is 2.43 bits per heavy atom.